The van der Waals surface area contributed by atoms with Crippen molar-refractivity contribution >= 4 is 6.09 Å². The van der Waals surface area contributed by atoms with Crippen LogP contribution in [-0.4, -0.2) is 44.4 Å². The summed E-state index contributed by atoms with van der Waals surface area (Å²) < 4.78 is 7.63. The second-order valence-electron chi connectivity index (χ2n) is 9.33. The van der Waals surface area contributed by atoms with Crippen LogP contribution in [0.5, 0.6) is 0 Å². The summed E-state index contributed by atoms with van der Waals surface area (Å²) in [5.74, 6) is 1.84. The Balaban J connectivity index is 1.73. The van der Waals surface area contributed by atoms with Gasteiger partial charge in [-0.1, -0.05) is 19.3 Å². The Morgan fingerprint density at radius 3 is 2.48 bits per heavy atom. The highest BCUT2D eigenvalue weighted by atomic mass is 16.6. The van der Waals surface area contributed by atoms with Crippen molar-refractivity contribution in [1.82, 2.24) is 19.7 Å². The number of carbonyl (C=O) groups excluding carboxylic acids is 1. The van der Waals surface area contributed by atoms with Crippen molar-refractivity contribution in [3.63, 3.8) is 0 Å². The fourth-order valence-corrected chi connectivity index (χ4v) is 4.91. The lowest BCUT2D eigenvalue weighted by Crippen LogP contribution is -2.49. The Morgan fingerprint density at radius 2 is 1.89 bits per heavy atom. The first kappa shape index (κ1) is 20.2. The molecule has 3 rings (SSSR count). The van der Waals surface area contributed by atoms with E-state index in [1.54, 1.807) is 6.33 Å². The van der Waals surface area contributed by atoms with Crippen LogP contribution in [0.15, 0.2) is 6.33 Å². The maximum absolute atomic E-state index is 12.5. The van der Waals surface area contributed by atoms with E-state index in [4.69, 9.17) is 4.74 Å². The summed E-state index contributed by atoms with van der Waals surface area (Å²) in [5, 5.41) is 4.38. The van der Waals surface area contributed by atoms with Crippen molar-refractivity contribution < 1.29 is 9.53 Å². The van der Waals surface area contributed by atoms with Crippen LogP contribution in [0.2, 0.25) is 0 Å². The Kier molecular flexibility index (Phi) is 6.11. The highest BCUT2D eigenvalue weighted by Gasteiger charge is 2.43. The average molecular weight is 377 g/mol. The van der Waals surface area contributed by atoms with Crippen molar-refractivity contribution in [2.45, 2.75) is 91.2 Å². The number of hydrogen-bond acceptors (Lipinski definition) is 4. The molecule has 1 amide bonds. The third-order valence-corrected chi connectivity index (χ3v) is 6.39. The predicted octanol–water partition coefficient (Wildman–Crippen LogP) is 4.44. The second kappa shape index (κ2) is 8.19. The molecule has 2 heterocycles. The molecule has 0 aromatic carbocycles. The lowest BCUT2D eigenvalue weighted by atomic mass is 9.62. The number of rotatable bonds is 4. The number of amides is 1. The highest BCUT2D eigenvalue weighted by molar-refractivity contribution is 5.68. The minimum absolute atomic E-state index is 0.170. The Bertz CT molecular complexity index is 620. The Hall–Kier alpha value is -1.59. The van der Waals surface area contributed by atoms with E-state index in [0.29, 0.717) is 0 Å². The van der Waals surface area contributed by atoms with Crippen LogP contribution in [0.1, 0.15) is 78.5 Å². The summed E-state index contributed by atoms with van der Waals surface area (Å²) in [4.78, 5) is 19.0. The summed E-state index contributed by atoms with van der Waals surface area (Å²) in [6, 6.07) is 0. The van der Waals surface area contributed by atoms with Crippen molar-refractivity contribution in [3.8, 4) is 0 Å². The van der Waals surface area contributed by atoms with Gasteiger partial charge in [-0.3, -0.25) is 4.68 Å². The molecule has 27 heavy (non-hydrogen) atoms. The van der Waals surface area contributed by atoms with E-state index >= 15 is 0 Å². The lowest BCUT2D eigenvalue weighted by molar-refractivity contribution is -0.00686. The standard InChI is InChI=1S/C21H36N4O2/c1-5-25-18(22-16-23-25)15-21(17-9-7-6-8-10-17)11-13-24(14-12-21)19(26)27-20(2,3)4/h16-17H,5-15H2,1-4H3. The molecule has 1 aliphatic carbocycles. The minimum Gasteiger partial charge on any atom is -0.444 e. The fraction of sp³-hybridized carbons (Fsp3) is 0.857. The zero-order valence-corrected chi connectivity index (χ0v) is 17.5. The smallest absolute Gasteiger partial charge is 0.410 e. The van der Waals surface area contributed by atoms with Gasteiger partial charge in [-0.2, -0.15) is 5.10 Å². The Morgan fingerprint density at radius 1 is 1.22 bits per heavy atom. The van der Waals surface area contributed by atoms with Crippen molar-refractivity contribution in [3.05, 3.63) is 12.2 Å². The van der Waals surface area contributed by atoms with Crippen LogP contribution < -0.4 is 0 Å². The zero-order valence-electron chi connectivity index (χ0n) is 17.5. The van der Waals surface area contributed by atoms with Crippen LogP contribution in [0.4, 0.5) is 4.79 Å². The number of nitrogens with zero attached hydrogens (tertiary/aromatic N) is 4. The van der Waals surface area contributed by atoms with E-state index < -0.39 is 5.60 Å². The largest absolute Gasteiger partial charge is 0.444 e. The van der Waals surface area contributed by atoms with E-state index in [2.05, 4.69) is 17.0 Å². The van der Waals surface area contributed by atoms with Gasteiger partial charge >= 0.3 is 6.09 Å². The van der Waals surface area contributed by atoms with Gasteiger partial charge in [0.1, 0.15) is 17.8 Å². The quantitative estimate of drug-likeness (QED) is 0.779. The normalized spacial score (nSPS) is 21.3. The van der Waals surface area contributed by atoms with Gasteiger partial charge in [0.15, 0.2) is 0 Å². The summed E-state index contributed by atoms with van der Waals surface area (Å²) in [7, 11) is 0. The molecule has 1 aromatic rings. The maximum Gasteiger partial charge on any atom is 0.410 e. The molecule has 0 unspecified atom stereocenters. The van der Waals surface area contributed by atoms with Crippen molar-refractivity contribution in [2.75, 3.05) is 13.1 Å². The molecule has 0 N–H and O–H groups in total. The van der Waals surface area contributed by atoms with E-state index in [9.17, 15) is 4.79 Å². The van der Waals surface area contributed by atoms with Gasteiger partial charge < -0.3 is 9.64 Å². The topological polar surface area (TPSA) is 60.2 Å². The van der Waals surface area contributed by atoms with Gasteiger partial charge in [0.05, 0.1) is 0 Å². The summed E-state index contributed by atoms with van der Waals surface area (Å²) >= 11 is 0. The Labute approximate surface area is 163 Å². The molecule has 2 aliphatic rings. The first-order chi connectivity index (χ1) is 12.8. The molecule has 0 atom stereocenters. The number of likely N-dealkylation sites (tertiary alicyclic amines) is 1. The van der Waals surface area contributed by atoms with Gasteiger partial charge in [0.25, 0.3) is 0 Å². The van der Waals surface area contributed by atoms with Crippen molar-refractivity contribution in [1.29, 1.82) is 0 Å². The van der Waals surface area contributed by atoms with Gasteiger partial charge in [-0.25, -0.2) is 9.78 Å². The third-order valence-electron chi connectivity index (χ3n) is 6.39. The average Bonchev–Trinajstić information content (AvgIpc) is 3.08. The minimum atomic E-state index is -0.438. The van der Waals surface area contributed by atoms with Gasteiger partial charge in [-0.05, 0) is 64.7 Å². The molecule has 2 fully saturated rings. The van der Waals surface area contributed by atoms with E-state index in [-0.39, 0.29) is 11.5 Å². The van der Waals surface area contributed by atoms with Gasteiger partial charge in [0, 0.05) is 26.1 Å². The van der Waals surface area contributed by atoms with Crippen LogP contribution in [0.3, 0.4) is 0 Å². The fourth-order valence-electron chi connectivity index (χ4n) is 4.91. The van der Waals surface area contributed by atoms with Crippen LogP contribution in [0.25, 0.3) is 0 Å². The van der Waals surface area contributed by atoms with E-state index in [1.807, 2.05) is 30.4 Å². The molecule has 6 heteroatoms. The summed E-state index contributed by atoms with van der Waals surface area (Å²) in [6.07, 6.45) is 11.2. The summed E-state index contributed by atoms with van der Waals surface area (Å²) in [6.45, 7) is 10.3. The molecular weight excluding hydrogens is 340 g/mol. The number of ether oxygens (including phenoxy) is 1. The monoisotopic (exact) mass is 376 g/mol. The zero-order chi connectivity index (χ0) is 19.5. The van der Waals surface area contributed by atoms with Gasteiger partial charge in [-0.15, -0.1) is 0 Å². The molecule has 1 aliphatic heterocycles. The van der Waals surface area contributed by atoms with Crippen LogP contribution in [0, 0.1) is 11.3 Å². The van der Waals surface area contributed by atoms with Crippen LogP contribution in [-0.2, 0) is 17.7 Å². The molecule has 1 saturated heterocycles. The maximum atomic E-state index is 12.5. The van der Waals surface area contributed by atoms with Crippen LogP contribution >= 0.6 is 0 Å². The molecule has 0 radical (unpaired) electrons. The molecule has 6 nitrogen and oxygen atoms in total. The molecule has 1 aromatic heterocycles. The molecule has 152 valence electrons. The number of aryl methyl sites for hydroxylation is 1. The molecular formula is C21H36N4O2. The van der Waals surface area contributed by atoms with Crippen molar-refractivity contribution in [2.24, 2.45) is 11.3 Å². The van der Waals surface area contributed by atoms with Gasteiger partial charge in [0.2, 0.25) is 0 Å². The molecule has 0 bridgehead atoms. The lowest BCUT2D eigenvalue weighted by Gasteiger charge is -2.48. The SMILES string of the molecule is CCn1ncnc1CC1(C2CCCCC2)CCN(C(=O)OC(C)(C)C)CC1. The third kappa shape index (κ3) is 4.82. The first-order valence-electron chi connectivity index (χ1n) is 10.7. The van der Waals surface area contributed by atoms with E-state index in [1.165, 1.54) is 32.1 Å². The number of carbonyl (C=O) groups is 1. The molecule has 0 spiro atoms. The molecule has 1 saturated carbocycles. The number of hydrogen-bond donors (Lipinski definition) is 0. The van der Waals surface area contributed by atoms with E-state index in [0.717, 1.165) is 50.6 Å². The first-order valence-corrected chi connectivity index (χ1v) is 10.7. The second-order valence-corrected chi connectivity index (χ2v) is 9.33. The predicted molar refractivity (Wildman–Crippen MR) is 105 cm³/mol. The number of aromatic nitrogens is 3. The summed E-state index contributed by atoms with van der Waals surface area (Å²) in [5.41, 5.74) is -0.203. The number of piperidine rings is 1. The highest BCUT2D eigenvalue weighted by Crippen LogP contribution is 2.47.